The number of carbonyl (C=O) groups excluding carboxylic acids is 1. The van der Waals surface area contributed by atoms with Gasteiger partial charge in [-0.05, 0) is 60.8 Å². The Morgan fingerprint density at radius 1 is 1.19 bits per heavy atom. The summed E-state index contributed by atoms with van der Waals surface area (Å²) in [5.41, 5.74) is 0.897. The van der Waals surface area contributed by atoms with Crippen LogP contribution in [-0.4, -0.2) is 11.5 Å². The number of nitrogens with one attached hydrogen (secondary N) is 1. The van der Waals surface area contributed by atoms with Gasteiger partial charge in [-0.3, -0.25) is 4.79 Å². The molecule has 112 valence electrons. The Balaban J connectivity index is 1.74. The Morgan fingerprint density at radius 3 is 2.81 bits per heavy atom. The molecule has 4 aliphatic rings. The summed E-state index contributed by atoms with van der Waals surface area (Å²) in [7, 11) is 0. The van der Waals surface area contributed by atoms with E-state index in [-0.39, 0.29) is 10.8 Å². The zero-order valence-electron chi connectivity index (χ0n) is 13.1. The van der Waals surface area contributed by atoms with Gasteiger partial charge in [0.2, 0.25) is 0 Å². The molecule has 6 atom stereocenters. The van der Waals surface area contributed by atoms with Crippen LogP contribution in [0.25, 0.3) is 0 Å². The van der Waals surface area contributed by atoms with E-state index < -0.39 is 0 Å². The SMILES string of the molecule is C[C@]12C=CC(=N)CC1C=C[C@@H]1[C@H]2CC[C@]2(C)C(=O)CC[C@@H]12. The molecular weight excluding hydrogens is 258 g/mol. The Bertz CT molecular complexity index is 574. The summed E-state index contributed by atoms with van der Waals surface area (Å²) in [6.07, 6.45) is 14.1. The van der Waals surface area contributed by atoms with Crippen molar-refractivity contribution in [2.24, 2.45) is 34.5 Å². The first-order chi connectivity index (χ1) is 9.95. The van der Waals surface area contributed by atoms with Crippen molar-refractivity contribution in [3.63, 3.8) is 0 Å². The molecule has 0 bridgehead atoms. The number of allylic oxidation sites excluding steroid dienone is 4. The molecule has 1 unspecified atom stereocenters. The average Bonchev–Trinajstić information content (AvgIpc) is 2.76. The fourth-order valence-electron chi connectivity index (χ4n) is 5.83. The fourth-order valence-corrected chi connectivity index (χ4v) is 5.83. The van der Waals surface area contributed by atoms with E-state index in [0.717, 1.165) is 31.4 Å². The lowest BCUT2D eigenvalue weighted by Crippen LogP contribution is -2.50. The summed E-state index contributed by atoms with van der Waals surface area (Å²) in [5.74, 6) is 2.76. The molecule has 2 fully saturated rings. The predicted octanol–water partition coefficient (Wildman–Crippen LogP) is 4.17. The maximum atomic E-state index is 12.3. The van der Waals surface area contributed by atoms with Crippen molar-refractivity contribution in [2.75, 3.05) is 0 Å². The molecule has 21 heavy (non-hydrogen) atoms. The van der Waals surface area contributed by atoms with Crippen molar-refractivity contribution in [2.45, 2.75) is 46.0 Å². The minimum absolute atomic E-state index is 0.0558. The first-order valence-electron chi connectivity index (χ1n) is 8.43. The van der Waals surface area contributed by atoms with Crippen LogP contribution in [-0.2, 0) is 4.79 Å². The van der Waals surface area contributed by atoms with Gasteiger partial charge < -0.3 is 5.41 Å². The first kappa shape index (κ1) is 13.5. The number of rotatable bonds is 0. The predicted molar refractivity (Wildman–Crippen MR) is 84.3 cm³/mol. The van der Waals surface area contributed by atoms with Gasteiger partial charge in [-0.25, -0.2) is 0 Å². The Kier molecular flexibility index (Phi) is 2.68. The third-order valence-electron chi connectivity index (χ3n) is 7.29. The molecule has 0 spiro atoms. The lowest BCUT2D eigenvalue weighted by molar-refractivity contribution is -0.130. The maximum absolute atomic E-state index is 12.3. The molecule has 0 aromatic heterocycles. The molecule has 1 N–H and O–H groups in total. The quantitative estimate of drug-likeness (QED) is 0.666. The van der Waals surface area contributed by atoms with Gasteiger partial charge in [0.25, 0.3) is 0 Å². The zero-order chi connectivity index (χ0) is 14.8. The molecule has 0 amide bonds. The summed E-state index contributed by atoms with van der Waals surface area (Å²) in [6.45, 7) is 4.61. The largest absolute Gasteiger partial charge is 0.305 e. The van der Waals surface area contributed by atoms with Crippen molar-refractivity contribution in [1.82, 2.24) is 0 Å². The number of Topliss-reactive ketones (excluding diaryl/α,β-unsaturated/α-hetero) is 1. The van der Waals surface area contributed by atoms with Crippen LogP contribution in [0.2, 0.25) is 0 Å². The van der Waals surface area contributed by atoms with E-state index in [1.165, 1.54) is 6.42 Å². The van der Waals surface area contributed by atoms with E-state index in [0.29, 0.717) is 29.5 Å². The highest BCUT2D eigenvalue weighted by atomic mass is 16.1. The standard InChI is InChI=1S/C19H25NO/c1-18-9-7-13(20)11-12(18)3-4-14-15-5-6-17(21)19(15,2)10-8-16(14)18/h3-4,7,9,12,14-16,20H,5-6,8,10-11H2,1-2H3/t12?,14-,15-,16+,18-,19-/m0/s1. The number of hydrogen-bond donors (Lipinski definition) is 1. The van der Waals surface area contributed by atoms with Crippen LogP contribution in [0.3, 0.4) is 0 Å². The van der Waals surface area contributed by atoms with Crippen molar-refractivity contribution in [1.29, 1.82) is 5.41 Å². The molecule has 4 rings (SSSR count). The summed E-state index contributed by atoms with van der Waals surface area (Å²) in [4.78, 5) is 12.3. The van der Waals surface area contributed by atoms with E-state index in [2.05, 4.69) is 32.1 Å². The van der Waals surface area contributed by atoms with Crippen molar-refractivity contribution < 1.29 is 4.79 Å². The average molecular weight is 283 g/mol. The van der Waals surface area contributed by atoms with E-state index in [9.17, 15) is 4.79 Å². The topological polar surface area (TPSA) is 40.9 Å². The summed E-state index contributed by atoms with van der Waals surface area (Å²) < 4.78 is 0. The Labute approximate surface area is 127 Å². The van der Waals surface area contributed by atoms with Crippen LogP contribution >= 0.6 is 0 Å². The maximum Gasteiger partial charge on any atom is 0.139 e. The molecule has 0 saturated heterocycles. The smallest absolute Gasteiger partial charge is 0.139 e. The second-order valence-electron chi connectivity index (χ2n) is 8.13. The summed E-state index contributed by atoms with van der Waals surface area (Å²) in [6, 6.07) is 0. The van der Waals surface area contributed by atoms with E-state index >= 15 is 0 Å². The molecule has 0 aromatic carbocycles. The van der Waals surface area contributed by atoms with Gasteiger partial charge in [0.15, 0.2) is 0 Å². The number of ketones is 1. The summed E-state index contributed by atoms with van der Waals surface area (Å²) >= 11 is 0. The van der Waals surface area contributed by atoms with Crippen LogP contribution in [0, 0.1) is 39.9 Å². The monoisotopic (exact) mass is 283 g/mol. The van der Waals surface area contributed by atoms with Crippen LogP contribution in [0.15, 0.2) is 24.3 Å². The molecule has 2 saturated carbocycles. The van der Waals surface area contributed by atoms with Gasteiger partial charge in [0.1, 0.15) is 5.78 Å². The lowest BCUT2D eigenvalue weighted by Gasteiger charge is -2.55. The molecule has 2 nitrogen and oxygen atoms in total. The second-order valence-corrected chi connectivity index (χ2v) is 8.13. The van der Waals surface area contributed by atoms with E-state index in [4.69, 9.17) is 5.41 Å². The molecule has 0 radical (unpaired) electrons. The normalized spacial score (nSPS) is 51.5. The Morgan fingerprint density at radius 2 is 2.00 bits per heavy atom. The summed E-state index contributed by atoms with van der Waals surface area (Å²) in [5, 5.41) is 7.94. The van der Waals surface area contributed by atoms with Crippen LogP contribution in [0.4, 0.5) is 0 Å². The van der Waals surface area contributed by atoms with Gasteiger partial charge in [0, 0.05) is 17.5 Å². The second kappa shape index (κ2) is 4.18. The van der Waals surface area contributed by atoms with Crippen LogP contribution in [0.5, 0.6) is 0 Å². The molecule has 4 aliphatic carbocycles. The van der Waals surface area contributed by atoms with Crippen molar-refractivity contribution in [3.8, 4) is 0 Å². The minimum Gasteiger partial charge on any atom is -0.305 e. The van der Waals surface area contributed by atoms with Gasteiger partial charge >= 0.3 is 0 Å². The Hall–Kier alpha value is -1.18. The fraction of sp³-hybridized carbons (Fsp3) is 0.684. The molecule has 2 heteroatoms. The molecular formula is C19H25NO. The third-order valence-corrected chi connectivity index (χ3v) is 7.29. The van der Waals surface area contributed by atoms with Gasteiger partial charge in [-0.2, -0.15) is 0 Å². The molecule has 0 aliphatic heterocycles. The first-order valence-corrected chi connectivity index (χ1v) is 8.43. The third kappa shape index (κ3) is 1.65. The van der Waals surface area contributed by atoms with Gasteiger partial charge in [0.05, 0.1) is 0 Å². The lowest BCUT2D eigenvalue weighted by atomic mass is 9.48. The zero-order valence-corrected chi connectivity index (χ0v) is 13.1. The van der Waals surface area contributed by atoms with Crippen molar-refractivity contribution in [3.05, 3.63) is 24.3 Å². The number of carbonyl (C=O) groups is 1. The highest BCUT2D eigenvalue weighted by Crippen LogP contribution is 2.62. The minimum atomic E-state index is -0.0558. The van der Waals surface area contributed by atoms with E-state index in [1.807, 2.05) is 6.08 Å². The van der Waals surface area contributed by atoms with Crippen LogP contribution in [0.1, 0.15) is 46.0 Å². The number of fused-ring (bicyclic) bond motifs is 5. The molecule has 0 heterocycles. The number of hydrogen-bond acceptors (Lipinski definition) is 2. The van der Waals surface area contributed by atoms with Crippen LogP contribution < -0.4 is 0 Å². The van der Waals surface area contributed by atoms with E-state index in [1.54, 1.807) is 0 Å². The van der Waals surface area contributed by atoms with Gasteiger partial charge in [-0.1, -0.05) is 32.1 Å². The molecule has 0 aromatic rings. The highest BCUT2D eigenvalue weighted by molar-refractivity contribution is 5.93. The highest BCUT2D eigenvalue weighted by Gasteiger charge is 2.58. The van der Waals surface area contributed by atoms with Gasteiger partial charge in [-0.15, -0.1) is 0 Å². The van der Waals surface area contributed by atoms with Crippen molar-refractivity contribution >= 4 is 11.5 Å².